The van der Waals surface area contributed by atoms with Gasteiger partial charge in [-0.1, -0.05) is 18.2 Å². The van der Waals surface area contributed by atoms with Crippen LogP contribution in [0.3, 0.4) is 0 Å². The van der Waals surface area contributed by atoms with Crippen LogP contribution in [0.15, 0.2) is 24.3 Å². The average Bonchev–Trinajstić information content (AvgIpc) is 2.32. The minimum absolute atomic E-state index is 0.0263. The lowest BCUT2D eigenvalue weighted by atomic mass is 9.91. The first-order chi connectivity index (χ1) is 9.54. The van der Waals surface area contributed by atoms with E-state index in [0.717, 1.165) is 6.07 Å². The van der Waals surface area contributed by atoms with Gasteiger partial charge in [-0.2, -0.15) is 13.2 Å². The third kappa shape index (κ3) is 5.38. The highest BCUT2D eigenvalue weighted by molar-refractivity contribution is 5.71. The van der Waals surface area contributed by atoms with Crippen LogP contribution in [-0.2, 0) is 15.7 Å². The van der Waals surface area contributed by atoms with Gasteiger partial charge in [0.1, 0.15) is 5.60 Å². The number of rotatable bonds is 4. The van der Waals surface area contributed by atoms with Crippen LogP contribution < -0.4 is 5.73 Å². The van der Waals surface area contributed by atoms with Gasteiger partial charge >= 0.3 is 12.1 Å². The van der Waals surface area contributed by atoms with Gasteiger partial charge in [0.05, 0.1) is 12.0 Å². The highest BCUT2D eigenvalue weighted by Gasteiger charge is 2.35. The molecule has 0 aliphatic rings. The summed E-state index contributed by atoms with van der Waals surface area (Å²) in [7, 11) is 0. The van der Waals surface area contributed by atoms with Gasteiger partial charge in [0.2, 0.25) is 0 Å². The normalized spacial score (nSPS) is 13.9. The molecule has 0 spiro atoms. The van der Waals surface area contributed by atoms with E-state index in [1.807, 2.05) is 0 Å². The number of carbonyl (C=O) groups is 1. The Labute approximate surface area is 122 Å². The van der Waals surface area contributed by atoms with Crippen LogP contribution in [0.1, 0.15) is 44.2 Å². The summed E-state index contributed by atoms with van der Waals surface area (Å²) in [6.07, 6.45) is -4.65. The van der Waals surface area contributed by atoms with Crippen molar-refractivity contribution >= 4 is 5.97 Å². The number of benzene rings is 1. The molecule has 0 bridgehead atoms. The first kappa shape index (κ1) is 17.5. The topological polar surface area (TPSA) is 52.3 Å². The van der Waals surface area contributed by atoms with Crippen LogP contribution in [0.25, 0.3) is 0 Å². The van der Waals surface area contributed by atoms with Gasteiger partial charge in [-0.05, 0) is 38.9 Å². The van der Waals surface area contributed by atoms with Crippen LogP contribution in [0.5, 0.6) is 0 Å². The van der Waals surface area contributed by atoms with E-state index in [4.69, 9.17) is 10.5 Å². The third-order valence-corrected chi connectivity index (χ3v) is 2.82. The predicted molar refractivity (Wildman–Crippen MR) is 73.7 cm³/mol. The first-order valence-electron chi connectivity index (χ1n) is 6.62. The fourth-order valence-electron chi connectivity index (χ4n) is 2.02. The van der Waals surface area contributed by atoms with E-state index in [-0.39, 0.29) is 18.5 Å². The molecule has 1 unspecified atom stereocenters. The van der Waals surface area contributed by atoms with Crippen molar-refractivity contribution in [3.05, 3.63) is 35.4 Å². The fourth-order valence-corrected chi connectivity index (χ4v) is 2.02. The van der Waals surface area contributed by atoms with Crippen LogP contribution >= 0.6 is 0 Å². The summed E-state index contributed by atoms with van der Waals surface area (Å²) >= 11 is 0. The summed E-state index contributed by atoms with van der Waals surface area (Å²) in [5, 5.41) is 0. The van der Waals surface area contributed by atoms with Gasteiger partial charge in [0.25, 0.3) is 0 Å². The van der Waals surface area contributed by atoms with E-state index in [1.165, 1.54) is 18.2 Å². The zero-order valence-corrected chi connectivity index (χ0v) is 12.3. The Bertz CT molecular complexity index is 492. The van der Waals surface area contributed by atoms with Crippen molar-refractivity contribution in [1.29, 1.82) is 0 Å². The molecule has 118 valence electrons. The van der Waals surface area contributed by atoms with Gasteiger partial charge in [-0.3, -0.25) is 4.79 Å². The van der Waals surface area contributed by atoms with Gasteiger partial charge in [-0.25, -0.2) is 0 Å². The van der Waals surface area contributed by atoms with Crippen molar-refractivity contribution in [2.75, 3.05) is 6.54 Å². The van der Waals surface area contributed by atoms with E-state index in [2.05, 4.69) is 0 Å². The van der Waals surface area contributed by atoms with E-state index in [0.29, 0.717) is 0 Å². The summed E-state index contributed by atoms with van der Waals surface area (Å²) in [5.74, 6) is -1.28. The SMILES string of the molecule is CC(C)(C)OC(=O)CC(CN)c1ccccc1C(F)(F)F. The first-order valence-corrected chi connectivity index (χ1v) is 6.62. The molecule has 0 aromatic heterocycles. The Kier molecular flexibility index (Phi) is 5.39. The molecule has 1 aromatic rings. The number of hydrogen-bond acceptors (Lipinski definition) is 3. The number of alkyl halides is 3. The molecule has 21 heavy (non-hydrogen) atoms. The Morgan fingerprint density at radius 3 is 2.29 bits per heavy atom. The second kappa shape index (κ2) is 6.47. The molecule has 0 fully saturated rings. The lowest BCUT2D eigenvalue weighted by molar-refractivity contribution is -0.155. The van der Waals surface area contributed by atoms with Gasteiger partial charge in [0.15, 0.2) is 0 Å². The quantitative estimate of drug-likeness (QED) is 0.866. The summed E-state index contributed by atoms with van der Waals surface area (Å²) in [6.45, 7) is 5.04. The van der Waals surface area contributed by atoms with Crippen molar-refractivity contribution < 1.29 is 22.7 Å². The summed E-state index contributed by atoms with van der Waals surface area (Å²) in [5.41, 5.74) is 4.14. The average molecular weight is 303 g/mol. The molecule has 0 heterocycles. The molecule has 1 aromatic carbocycles. The van der Waals surface area contributed by atoms with E-state index in [9.17, 15) is 18.0 Å². The highest BCUT2D eigenvalue weighted by atomic mass is 19.4. The molecule has 0 saturated carbocycles. The molecule has 1 atom stereocenters. The molecular formula is C15H20F3NO2. The highest BCUT2D eigenvalue weighted by Crippen LogP contribution is 2.36. The van der Waals surface area contributed by atoms with Crippen LogP contribution in [0.2, 0.25) is 0 Å². The summed E-state index contributed by atoms with van der Waals surface area (Å²) in [4.78, 5) is 11.8. The van der Waals surface area contributed by atoms with Crippen molar-refractivity contribution in [1.82, 2.24) is 0 Å². The Morgan fingerprint density at radius 1 is 1.24 bits per heavy atom. The van der Waals surface area contributed by atoms with Crippen LogP contribution in [-0.4, -0.2) is 18.1 Å². The number of nitrogens with two attached hydrogens (primary N) is 1. The zero-order chi connectivity index (χ0) is 16.3. The van der Waals surface area contributed by atoms with E-state index < -0.39 is 29.2 Å². The minimum Gasteiger partial charge on any atom is -0.460 e. The van der Waals surface area contributed by atoms with Gasteiger partial charge in [0, 0.05) is 5.92 Å². The lowest BCUT2D eigenvalue weighted by Crippen LogP contribution is -2.27. The molecule has 3 nitrogen and oxygen atoms in total. The van der Waals surface area contributed by atoms with Crippen molar-refractivity contribution in [3.63, 3.8) is 0 Å². The smallest absolute Gasteiger partial charge is 0.416 e. The Morgan fingerprint density at radius 2 is 1.81 bits per heavy atom. The molecule has 0 amide bonds. The van der Waals surface area contributed by atoms with Crippen molar-refractivity contribution in [2.45, 2.75) is 44.9 Å². The zero-order valence-electron chi connectivity index (χ0n) is 12.3. The second-order valence-corrected chi connectivity index (χ2v) is 5.81. The van der Waals surface area contributed by atoms with Gasteiger partial charge < -0.3 is 10.5 Å². The maximum Gasteiger partial charge on any atom is 0.416 e. The lowest BCUT2D eigenvalue weighted by Gasteiger charge is -2.23. The summed E-state index contributed by atoms with van der Waals surface area (Å²) < 4.78 is 44.1. The fraction of sp³-hybridized carbons (Fsp3) is 0.533. The number of esters is 1. The number of ether oxygens (including phenoxy) is 1. The summed E-state index contributed by atoms with van der Waals surface area (Å²) in [6, 6.07) is 5.16. The number of halogens is 3. The Hall–Kier alpha value is -1.56. The number of carbonyl (C=O) groups excluding carboxylic acids is 1. The third-order valence-electron chi connectivity index (χ3n) is 2.82. The molecule has 0 aliphatic heterocycles. The molecule has 0 radical (unpaired) electrons. The largest absolute Gasteiger partial charge is 0.460 e. The predicted octanol–water partition coefficient (Wildman–Crippen LogP) is 3.48. The monoisotopic (exact) mass is 303 g/mol. The second-order valence-electron chi connectivity index (χ2n) is 5.81. The number of hydrogen-bond donors (Lipinski definition) is 1. The van der Waals surface area contributed by atoms with Gasteiger partial charge in [-0.15, -0.1) is 0 Å². The molecule has 2 N–H and O–H groups in total. The molecule has 0 saturated heterocycles. The molecule has 1 rings (SSSR count). The molecule has 6 heteroatoms. The minimum atomic E-state index is -4.47. The standard InChI is InChI=1S/C15H20F3NO2/c1-14(2,3)21-13(20)8-10(9-19)11-6-4-5-7-12(11)15(16,17)18/h4-7,10H,8-9,19H2,1-3H3. The van der Waals surface area contributed by atoms with Crippen LogP contribution in [0.4, 0.5) is 13.2 Å². The van der Waals surface area contributed by atoms with E-state index >= 15 is 0 Å². The molecular weight excluding hydrogens is 283 g/mol. The maximum absolute atomic E-state index is 13.0. The van der Waals surface area contributed by atoms with Crippen molar-refractivity contribution in [3.8, 4) is 0 Å². The molecule has 0 aliphatic carbocycles. The maximum atomic E-state index is 13.0. The van der Waals surface area contributed by atoms with Crippen LogP contribution in [0, 0.1) is 0 Å². The van der Waals surface area contributed by atoms with E-state index in [1.54, 1.807) is 20.8 Å². The van der Waals surface area contributed by atoms with Crippen molar-refractivity contribution in [2.24, 2.45) is 5.73 Å². The Balaban J connectivity index is 2.99.